The van der Waals surface area contributed by atoms with Crippen molar-refractivity contribution in [3.8, 4) is 6.07 Å². The van der Waals surface area contributed by atoms with Crippen LogP contribution in [-0.4, -0.2) is 5.75 Å². The number of furan rings is 1. The van der Waals surface area contributed by atoms with Crippen molar-refractivity contribution in [3.63, 3.8) is 0 Å². The van der Waals surface area contributed by atoms with E-state index in [0.717, 1.165) is 23.7 Å². The van der Waals surface area contributed by atoms with Gasteiger partial charge in [0.2, 0.25) is 0 Å². The molecule has 0 aliphatic rings. The van der Waals surface area contributed by atoms with E-state index in [-0.39, 0.29) is 0 Å². The fourth-order valence-corrected chi connectivity index (χ4v) is 1.87. The normalized spacial score (nSPS) is 9.85. The standard InChI is InChI=1S/C9H10ClNOS/c10-9-4-3-8(12-9)7-13-6-2-1-5-11/h3-4H,1-2,6-7H2. The first kappa shape index (κ1) is 10.5. The number of rotatable bonds is 5. The van der Waals surface area contributed by atoms with Crippen molar-refractivity contribution in [2.24, 2.45) is 0 Å². The topological polar surface area (TPSA) is 36.9 Å². The first-order valence-electron chi connectivity index (χ1n) is 4.02. The molecule has 4 heteroatoms. The Morgan fingerprint density at radius 1 is 1.54 bits per heavy atom. The van der Waals surface area contributed by atoms with Crippen molar-refractivity contribution in [2.45, 2.75) is 18.6 Å². The lowest BCUT2D eigenvalue weighted by atomic mass is 10.4. The molecule has 1 aromatic rings. The molecule has 0 radical (unpaired) electrons. The molecule has 0 N–H and O–H groups in total. The Bertz CT molecular complexity index is 292. The van der Waals surface area contributed by atoms with E-state index in [1.54, 1.807) is 17.8 Å². The van der Waals surface area contributed by atoms with Crippen LogP contribution in [0.1, 0.15) is 18.6 Å². The second-order valence-electron chi connectivity index (χ2n) is 2.52. The van der Waals surface area contributed by atoms with E-state index >= 15 is 0 Å². The van der Waals surface area contributed by atoms with E-state index in [1.165, 1.54) is 0 Å². The van der Waals surface area contributed by atoms with Crippen LogP contribution in [0.5, 0.6) is 0 Å². The Morgan fingerprint density at radius 3 is 3.00 bits per heavy atom. The summed E-state index contributed by atoms with van der Waals surface area (Å²) in [5, 5.41) is 8.73. The Labute approximate surface area is 86.9 Å². The van der Waals surface area contributed by atoms with Crippen LogP contribution in [0.2, 0.25) is 5.22 Å². The van der Waals surface area contributed by atoms with Crippen LogP contribution >= 0.6 is 23.4 Å². The summed E-state index contributed by atoms with van der Waals surface area (Å²) in [6.45, 7) is 0. The van der Waals surface area contributed by atoms with Gasteiger partial charge in [0.15, 0.2) is 5.22 Å². The number of thioether (sulfide) groups is 1. The summed E-state index contributed by atoms with van der Waals surface area (Å²) in [5.74, 6) is 2.72. The second kappa shape index (κ2) is 5.95. The smallest absolute Gasteiger partial charge is 0.193 e. The van der Waals surface area contributed by atoms with Gasteiger partial charge in [-0.25, -0.2) is 0 Å². The van der Waals surface area contributed by atoms with Crippen LogP contribution < -0.4 is 0 Å². The van der Waals surface area contributed by atoms with Gasteiger partial charge in [0.05, 0.1) is 11.8 Å². The summed E-state index contributed by atoms with van der Waals surface area (Å²) >= 11 is 7.36. The summed E-state index contributed by atoms with van der Waals surface area (Å²) in [4.78, 5) is 0. The third kappa shape index (κ3) is 4.25. The van der Waals surface area contributed by atoms with Gasteiger partial charge in [-0.3, -0.25) is 0 Å². The highest BCUT2D eigenvalue weighted by Crippen LogP contribution is 2.18. The predicted molar refractivity (Wildman–Crippen MR) is 54.7 cm³/mol. The third-order valence-electron chi connectivity index (χ3n) is 1.45. The highest BCUT2D eigenvalue weighted by molar-refractivity contribution is 7.98. The van der Waals surface area contributed by atoms with Crippen LogP contribution in [-0.2, 0) is 5.75 Å². The van der Waals surface area contributed by atoms with Gasteiger partial charge in [0.25, 0.3) is 0 Å². The molecule has 13 heavy (non-hydrogen) atoms. The maximum Gasteiger partial charge on any atom is 0.193 e. The van der Waals surface area contributed by atoms with E-state index in [9.17, 15) is 0 Å². The van der Waals surface area contributed by atoms with Crippen molar-refractivity contribution in [1.29, 1.82) is 5.26 Å². The Kier molecular flexibility index (Phi) is 4.81. The van der Waals surface area contributed by atoms with Crippen LogP contribution in [0.15, 0.2) is 16.5 Å². The van der Waals surface area contributed by atoms with E-state index in [1.807, 2.05) is 6.07 Å². The molecule has 1 rings (SSSR count). The van der Waals surface area contributed by atoms with Gasteiger partial charge >= 0.3 is 0 Å². The Hall–Kier alpha value is -0.590. The number of unbranched alkanes of at least 4 members (excludes halogenated alkanes) is 1. The summed E-state index contributed by atoms with van der Waals surface area (Å²) in [7, 11) is 0. The van der Waals surface area contributed by atoms with Gasteiger partial charge in [-0.15, -0.1) is 0 Å². The average Bonchev–Trinajstić information content (AvgIpc) is 2.51. The molecule has 0 atom stereocenters. The minimum absolute atomic E-state index is 0.438. The van der Waals surface area contributed by atoms with Crippen molar-refractivity contribution < 1.29 is 4.42 Å². The Balaban J connectivity index is 2.10. The molecule has 1 heterocycles. The number of halogens is 1. The number of hydrogen-bond acceptors (Lipinski definition) is 3. The van der Waals surface area contributed by atoms with Gasteiger partial charge in [-0.2, -0.15) is 17.0 Å². The molecule has 0 fully saturated rings. The molecule has 0 unspecified atom stereocenters. The Morgan fingerprint density at radius 2 is 2.38 bits per heavy atom. The maximum atomic E-state index is 8.29. The van der Waals surface area contributed by atoms with Crippen LogP contribution in [0, 0.1) is 11.3 Å². The molecule has 0 spiro atoms. The van der Waals surface area contributed by atoms with Crippen LogP contribution in [0.25, 0.3) is 0 Å². The van der Waals surface area contributed by atoms with Gasteiger partial charge in [0, 0.05) is 6.42 Å². The first-order valence-corrected chi connectivity index (χ1v) is 5.55. The summed E-state index contributed by atoms with van der Waals surface area (Å²) in [6, 6.07) is 5.73. The zero-order chi connectivity index (χ0) is 9.52. The van der Waals surface area contributed by atoms with Gasteiger partial charge in [-0.1, -0.05) is 0 Å². The fourth-order valence-electron chi connectivity index (χ4n) is 0.855. The molecule has 0 aromatic carbocycles. The van der Waals surface area contributed by atoms with E-state index in [4.69, 9.17) is 21.3 Å². The SMILES string of the molecule is N#CCCCSCc1ccc(Cl)o1. The molecule has 70 valence electrons. The van der Waals surface area contributed by atoms with Crippen molar-refractivity contribution in [1.82, 2.24) is 0 Å². The van der Waals surface area contributed by atoms with Crippen molar-refractivity contribution in [3.05, 3.63) is 23.1 Å². The maximum absolute atomic E-state index is 8.29. The zero-order valence-electron chi connectivity index (χ0n) is 7.12. The van der Waals surface area contributed by atoms with Crippen molar-refractivity contribution in [2.75, 3.05) is 5.75 Å². The predicted octanol–water partition coefficient (Wildman–Crippen LogP) is 3.47. The highest BCUT2D eigenvalue weighted by Gasteiger charge is 1.98. The van der Waals surface area contributed by atoms with E-state index in [2.05, 4.69) is 6.07 Å². The lowest BCUT2D eigenvalue weighted by Crippen LogP contribution is -1.80. The van der Waals surface area contributed by atoms with E-state index < -0.39 is 0 Å². The summed E-state index contributed by atoms with van der Waals surface area (Å²) < 4.78 is 5.17. The molecule has 2 nitrogen and oxygen atoms in total. The molecule has 0 bridgehead atoms. The quantitative estimate of drug-likeness (QED) is 0.706. The molecule has 0 saturated heterocycles. The lowest BCUT2D eigenvalue weighted by Gasteiger charge is -1.95. The first-order chi connectivity index (χ1) is 6.33. The second-order valence-corrected chi connectivity index (χ2v) is 4.00. The fraction of sp³-hybridized carbons (Fsp3) is 0.444. The number of nitriles is 1. The van der Waals surface area contributed by atoms with Gasteiger partial charge < -0.3 is 4.42 Å². The zero-order valence-corrected chi connectivity index (χ0v) is 8.70. The van der Waals surface area contributed by atoms with E-state index in [0.29, 0.717) is 11.6 Å². The van der Waals surface area contributed by atoms with Crippen LogP contribution in [0.4, 0.5) is 0 Å². The van der Waals surface area contributed by atoms with Gasteiger partial charge in [-0.05, 0) is 35.9 Å². The monoisotopic (exact) mass is 215 g/mol. The van der Waals surface area contributed by atoms with Crippen LogP contribution in [0.3, 0.4) is 0 Å². The largest absolute Gasteiger partial charge is 0.449 e. The average molecular weight is 216 g/mol. The molecule has 0 amide bonds. The molecular weight excluding hydrogens is 206 g/mol. The minimum atomic E-state index is 0.438. The molecule has 0 aliphatic heterocycles. The van der Waals surface area contributed by atoms with Crippen molar-refractivity contribution >= 4 is 23.4 Å². The summed E-state index contributed by atoms with van der Waals surface area (Å²) in [5.41, 5.74) is 0. The number of hydrogen-bond donors (Lipinski definition) is 0. The molecule has 0 aliphatic carbocycles. The third-order valence-corrected chi connectivity index (χ3v) is 2.72. The minimum Gasteiger partial charge on any atom is -0.449 e. The number of nitrogens with zero attached hydrogens (tertiary/aromatic N) is 1. The van der Waals surface area contributed by atoms with Gasteiger partial charge in [0.1, 0.15) is 5.76 Å². The highest BCUT2D eigenvalue weighted by atomic mass is 35.5. The molecule has 1 aromatic heterocycles. The molecular formula is C9H10ClNOS. The lowest BCUT2D eigenvalue weighted by molar-refractivity contribution is 0.532. The molecule has 0 saturated carbocycles. The summed E-state index contributed by atoms with van der Waals surface area (Å²) in [6.07, 6.45) is 1.57.